The molecule has 0 spiro atoms. The summed E-state index contributed by atoms with van der Waals surface area (Å²) >= 11 is 3.17. The van der Waals surface area contributed by atoms with Crippen molar-refractivity contribution in [2.45, 2.75) is 6.18 Å². The highest BCUT2D eigenvalue weighted by molar-refractivity contribution is 9.10. The van der Waals surface area contributed by atoms with Gasteiger partial charge in [-0.05, 0) is 33.8 Å². The molecule has 2 aromatic rings. The minimum Gasteiger partial charge on any atom is -0.477 e. The van der Waals surface area contributed by atoms with Crippen molar-refractivity contribution in [1.82, 2.24) is 19.9 Å². The van der Waals surface area contributed by atoms with E-state index in [1.807, 2.05) is 0 Å². The van der Waals surface area contributed by atoms with Crippen molar-refractivity contribution < 1.29 is 22.7 Å². The van der Waals surface area contributed by atoms with Crippen LogP contribution in [0.4, 0.5) is 13.2 Å². The van der Waals surface area contributed by atoms with Crippen LogP contribution in [-0.4, -0.2) is 45.5 Å². The zero-order valence-electron chi connectivity index (χ0n) is 13.9. The van der Waals surface area contributed by atoms with E-state index in [0.29, 0.717) is 41.8 Å². The highest BCUT2D eigenvalue weighted by Gasteiger charge is 2.57. The molecule has 1 amide bonds. The van der Waals surface area contributed by atoms with E-state index in [-0.39, 0.29) is 17.7 Å². The number of ether oxygens (including phenoxy) is 1. The molecule has 3 heterocycles. The molecule has 1 aliphatic heterocycles. The van der Waals surface area contributed by atoms with E-state index in [4.69, 9.17) is 4.74 Å². The quantitative estimate of drug-likeness (QED) is 0.727. The molecule has 1 saturated heterocycles. The summed E-state index contributed by atoms with van der Waals surface area (Å²) in [6, 6.07) is 3.60. The number of nitrogens with zero attached hydrogens (tertiary/aromatic N) is 4. The molecule has 1 saturated carbocycles. The molecule has 1 aliphatic carbocycles. The summed E-state index contributed by atoms with van der Waals surface area (Å²) in [6.45, 7) is 1.47. The van der Waals surface area contributed by atoms with E-state index in [2.05, 4.69) is 30.9 Å². The molecule has 27 heavy (non-hydrogen) atoms. The summed E-state index contributed by atoms with van der Waals surface area (Å²) in [4.78, 5) is 25.7. The minimum absolute atomic E-state index is 0.0344. The normalized spacial score (nSPS) is 23.9. The summed E-state index contributed by atoms with van der Waals surface area (Å²) in [5.74, 6) is 0.613. The van der Waals surface area contributed by atoms with Gasteiger partial charge in [0.2, 0.25) is 5.88 Å². The molecule has 6 nitrogen and oxygen atoms in total. The van der Waals surface area contributed by atoms with Crippen LogP contribution in [0.25, 0.3) is 0 Å². The third kappa shape index (κ3) is 3.76. The van der Waals surface area contributed by atoms with Crippen LogP contribution < -0.4 is 4.74 Å². The molecule has 0 aromatic carbocycles. The first-order valence-electron chi connectivity index (χ1n) is 8.27. The van der Waals surface area contributed by atoms with Crippen molar-refractivity contribution in [3.05, 3.63) is 46.6 Å². The first kappa shape index (κ1) is 18.1. The van der Waals surface area contributed by atoms with Gasteiger partial charge in [-0.1, -0.05) is 6.07 Å². The Morgan fingerprint density at radius 2 is 1.96 bits per heavy atom. The van der Waals surface area contributed by atoms with Gasteiger partial charge in [0.05, 0.1) is 19.0 Å². The van der Waals surface area contributed by atoms with Gasteiger partial charge >= 0.3 is 6.18 Å². The summed E-state index contributed by atoms with van der Waals surface area (Å²) in [5.41, 5.74) is -0.677. The van der Waals surface area contributed by atoms with Crippen LogP contribution >= 0.6 is 15.9 Å². The predicted molar refractivity (Wildman–Crippen MR) is 90.8 cm³/mol. The van der Waals surface area contributed by atoms with Gasteiger partial charge < -0.3 is 9.64 Å². The van der Waals surface area contributed by atoms with Crippen LogP contribution in [0.15, 0.2) is 35.2 Å². The van der Waals surface area contributed by atoms with Crippen molar-refractivity contribution in [2.75, 3.05) is 19.7 Å². The number of hydrogen-bond acceptors (Lipinski definition) is 5. The summed E-state index contributed by atoms with van der Waals surface area (Å²) in [5, 5.41) is 0. The average molecular weight is 443 g/mol. The van der Waals surface area contributed by atoms with Crippen LogP contribution in [-0.2, 0) is 6.18 Å². The smallest absolute Gasteiger partial charge is 0.433 e. The number of rotatable bonds is 4. The number of pyridine rings is 1. The molecule has 4 rings (SSSR count). The number of carbonyl (C=O) groups is 1. The molecule has 0 N–H and O–H groups in total. The van der Waals surface area contributed by atoms with Gasteiger partial charge in [-0.2, -0.15) is 13.2 Å². The van der Waals surface area contributed by atoms with E-state index in [9.17, 15) is 18.0 Å². The fraction of sp³-hybridized carbons (Fsp3) is 0.412. The fourth-order valence-electron chi connectivity index (χ4n) is 3.48. The molecule has 142 valence electrons. The Balaban J connectivity index is 1.29. The zero-order chi connectivity index (χ0) is 19.2. The second-order valence-electron chi connectivity index (χ2n) is 6.60. The average Bonchev–Trinajstić information content (AvgIpc) is 3.08. The third-order valence-corrected chi connectivity index (χ3v) is 5.35. The number of alkyl halides is 3. The summed E-state index contributed by atoms with van der Waals surface area (Å²) in [6.07, 6.45) is -1.59. The Bertz CT molecular complexity index is 850. The zero-order valence-corrected chi connectivity index (χ0v) is 15.4. The lowest BCUT2D eigenvalue weighted by Crippen LogP contribution is -2.32. The predicted octanol–water partition coefficient (Wildman–Crippen LogP) is 3.05. The van der Waals surface area contributed by atoms with Gasteiger partial charge in [-0.15, -0.1) is 0 Å². The number of aromatic nitrogens is 3. The lowest BCUT2D eigenvalue weighted by Gasteiger charge is -2.19. The maximum atomic E-state index is 12.7. The van der Waals surface area contributed by atoms with Gasteiger partial charge in [0.15, 0.2) is 0 Å². The molecule has 10 heteroatoms. The van der Waals surface area contributed by atoms with Crippen LogP contribution in [0.5, 0.6) is 5.88 Å². The van der Waals surface area contributed by atoms with E-state index in [0.717, 1.165) is 6.07 Å². The molecule has 3 atom stereocenters. The van der Waals surface area contributed by atoms with Gasteiger partial charge in [0.1, 0.15) is 16.0 Å². The molecule has 1 unspecified atom stereocenters. The van der Waals surface area contributed by atoms with Gasteiger partial charge in [-0.25, -0.2) is 15.0 Å². The van der Waals surface area contributed by atoms with Crippen molar-refractivity contribution in [3.63, 3.8) is 0 Å². The fourth-order valence-corrected chi connectivity index (χ4v) is 3.69. The summed E-state index contributed by atoms with van der Waals surface area (Å²) < 4.78 is 44.1. The maximum Gasteiger partial charge on any atom is 0.433 e. The van der Waals surface area contributed by atoms with Crippen LogP contribution in [0.3, 0.4) is 0 Å². The number of carbonyl (C=O) groups excluding carboxylic acids is 1. The Morgan fingerprint density at radius 3 is 2.59 bits per heavy atom. The van der Waals surface area contributed by atoms with Crippen molar-refractivity contribution in [2.24, 2.45) is 17.8 Å². The van der Waals surface area contributed by atoms with Gasteiger partial charge in [0, 0.05) is 25.1 Å². The molecular formula is C17H14BrF3N4O2. The Kier molecular flexibility index (Phi) is 4.53. The Morgan fingerprint density at radius 1 is 1.22 bits per heavy atom. The van der Waals surface area contributed by atoms with Crippen LogP contribution in [0.1, 0.15) is 16.2 Å². The second kappa shape index (κ2) is 6.74. The molecule has 0 radical (unpaired) electrons. The maximum absolute atomic E-state index is 12.7. The SMILES string of the molecule is O=C(c1cnc(Br)cn1)N1C[C@@H]2C(COc3cccc(C(F)(F)F)n3)[C@@H]2C1. The number of likely N-dealkylation sites (tertiary alicyclic amines) is 1. The molecule has 0 bridgehead atoms. The highest BCUT2D eigenvalue weighted by Crippen LogP contribution is 2.51. The standard InChI is InChI=1S/C17H14BrF3N4O2/c18-14-5-22-12(4-23-14)16(26)25-6-9-10(7-25)11(9)8-27-15-3-1-2-13(24-15)17(19,20)21/h1-5,9-11H,6-8H2/t9-,10+,11?. The number of hydrogen-bond donors (Lipinski definition) is 0. The van der Waals surface area contributed by atoms with Gasteiger partial charge in [0.25, 0.3) is 5.91 Å². The largest absolute Gasteiger partial charge is 0.477 e. The topological polar surface area (TPSA) is 68.2 Å². The lowest BCUT2D eigenvalue weighted by atomic mass is 10.2. The van der Waals surface area contributed by atoms with E-state index < -0.39 is 11.9 Å². The van der Waals surface area contributed by atoms with Crippen LogP contribution in [0.2, 0.25) is 0 Å². The van der Waals surface area contributed by atoms with E-state index >= 15 is 0 Å². The lowest BCUT2D eigenvalue weighted by molar-refractivity contribution is -0.141. The van der Waals surface area contributed by atoms with E-state index in [1.165, 1.54) is 24.5 Å². The van der Waals surface area contributed by atoms with Crippen molar-refractivity contribution in [1.29, 1.82) is 0 Å². The monoisotopic (exact) mass is 442 g/mol. The Labute approximate surface area is 160 Å². The second-order valence-corrected chi connectivity index (χ2v) is 7.41. The molecule has 2 fully saturated rings. The van der Waals surface area contributed by atoms with Crippen molar-refractivity contribution >= 4 is 21.8 Å². The first-order chi connectivity index (χ1) is 12.8. The number of fused-ring (bicyclic) bond motifs is 1. The Hall–Kier alpha value is -2.23. The third-order valence-electron chi connectivity index (χ3n) is 4.94. The molecule has 2 aliphatic rings. The number of amides is 1. The minimum atomic E-state index is -4.49. The van der Waals surface area contributed by atoms with Gasteiger partial charge in [-0.3, -0.25) is 4.79 Å². The summed E-state index contributed by atoms with van der Waals surface area (Å²) in [7, 11) is 0. The molecule has 2 aromatic heterocycles. The molecular weight excluding hydrogens is 429 g/mol. The van der Waals surface area contributed by atoms with Crippen molar-refractivity contribution in [3.8, 4) is 5.88 Å². The van der Waals surface area contributed by atoms with Crippen LogP contribution in [0, 0.1) is 17.8 Å². The first-order valence-corrected chi connectivity index (χ1v) is 9.06. The number of halogens is 4. The highest BCUT2D eigenvalue weighted by atomic mass is 79.9. The van der Waals surface area contributed by atoms with E-state index in [1.54, 1.807) is 4.90 Å². The number of piperidine rings is 1.